The van der Waals surface area contributed by atoms with E-state index >= 15 is 0 Å². The highest BCUT2D eigenvalue weighted by molar-refractivity contribution is 8.05. The zero-order valence-corrected chi connectivity index (χ0v) is 11.2. The Morgan fingerprint density at radius 3 is 2.35 bits per heavy atom. The van der Waals surface area contributed by atoms with Crippen molar-refractivity contribution in [1.29, 1.82) is 0 Å². The van der Waals surface area contributed by atoms with Crippen LogP contribution in [-0.4, -0.2) is 11.7 Å². The minimum absolute atomic E-state index is 0.0625. The molecule has 2 aliphatic rings. The number of anilines is 1. The van der Waals surface area contributed by atoms with E-state index in [1.54, 1.807) is 6.07 Å². The third-order valence-electron chi connectivity index (χ3n) is 3.45. The SMILES string of the molecule is O=C1Nc2ccccc2/C1=C1/Sc2ccccc2C1=O. The number of hydrogen-bond donors (Lipinski definition) is 1. The van der Waals surface area contributed by atoms with Crippen LogP contribution < -0.4 is 5.32 Å². The van der Waals surface area contributed by atoms with Gasteiger partial charge in [-0.1, -0.05) is 42.1 Å². The number of nitrogens with one attached hydrogen (secondary N) is 1. The first-order valence-corrected chi connectivity index (χ1v) is 7.04. The first-order chi connectivity index (χ1) is 9.75. The number of ketones is 1. The van der Waals surface area contributed by atoms with Gasteiger partial charge >= 0.3 is 0 Å². The summed E-state index contributed by atoms with van der Waals surface area (Å²) in [6.07, 6.45) is 0. The van der Waals surface area contributed by atoms with Crippen LogP contribution in [0.15, 0.2) is 58.3 Å². The minimum Gasteiger partial charge on any atom is -0.321 e. The molecule has 2 aromatic carbocycles. The molecule has 4 rings (SSSR count). The molecule has 0 fully saturated rings. The number of Topliss-reactive ketones (excluding diaryl/α,β-unsaturated/α-hetero) is 1. The topological polar surface area (TPSA) is 46.2 Å². The molecular formula is C16H9NO2S. The lowest BCUT2D eigenvalue weighted by molar-refractivity contribution is -0.110. The van der Waals surface area contributed by atoms with E-state index < -0.39 is 0 Å². The van der Waals surface area contributed by atoms with Gasteiger partial charge < -0.3 is 5.32 Å². The molecule has 0 radical (unpaired) electrons. The van der Waals surface area contributed by atoms with E-state index in [-0.39, 0.29) is 11.7 Å². The fourth-order valence-corrected chi connectivity index (χ4v) is 3.67. The van der Waals surface area contributed by atoms with Crippen LogP contribution in [0.4, 0.5) is 5.69 Å². The van der Waals surface area contributed by atoms with Gasteiger partial charge in [-0.25, -0.2) is 0 Å². The van der Waals surface area contributed by atoms with Gasteiger partial charge in [0.2, 0.25) is 5.78 Å². The van der Waals surface area contributed by atoms with Gasteiger partial charge in [-0.15, -0.1) is 0 Å². The monoisotopic (exact) mass is 279 g/mol. The summed E-state index contributed by atoms with van der Waals surface area (Å²) in [7, 11) is 0. The Balaban J connectivity index is 1.94. The zero-order chi connectivity index (χ0) is 13.7. The van der Waals surface area contributed by atoms with Gasteiger partial charge in [0.15, 0.2) is 0 Å². The summed E-state index contributed by atoms with van der Waals surface area (Å²) in [5.74, 6) is -0.262. The van der Waals surface area contributed by atoms with E-state index in [9.17, 15) is 9.59 Å². The van der Waals surface area contributed by atoms with Crippen LogP contribution in [0.5, 0.6) is 0 Å². The maximum Gasteiger partial charge on any atom is 0.257 e. The van der Waals surface area contributed by atoms with Crippen molar-refractivity contribution in [2.45, 2.75) is 4.90 Å². The van der Waals surface area contributed by atoms with Crippen LogP contribution in [0.2, 0.25) is 0 Å². The number of thioether (sulfide) groups is 1. The Morgan fingerprint density at radius 1 is 0.850 bits per heavy atom. The van der Waals surface area contributed by atoms with E-state index in [1.165, 1.54) is 11.8 Å². The van der Waals surface area contributed by atoms with Crippen molar-refractivity contribution in [3.8, 4) is 0 Å². The summed E-state index contributed by atoms with van der Waals surface area (Å²) in [6, 6.07) is 14.9. The first kappa shape index (κ1) is 11.5. The normalized spacial score (nSPS) is 19.8. The van der Waals surface area contributed by atoms with Crippen LogP contribution in [0, 0.1) is 0 Å². The van der Waals surface area contributed by atoms with Crippen molar-refractivity contribution in [2.75, 3.05) is 5.32 Å². The predicted octanol–water partition coefficient (Wildman–Crippen LogP) is 3.34. The maximum atomic E-state index is 12.5. The Morgan fingerprint density at radius 2 is 1.55 bits per heavy atom. The molecule has 96 valence electrons. The van der Waals surface area contributed by atoms with Gasteiger partial charge in [0, 0.05) is 21.7 Å². The number of carbonyl (C=O) groups is 2. The molecule has 3 nitrogen and oxygen atoms in total. The average Bonchev–Trinajstić information content (AvgIpc) is 2.96. The van der Waals surface area contributed by atoms with E-state index in [0.29, 0.717) is 16.0 Å². The molecule has 2 aromatic rings. The molecule has 1 amide bonds. The molecule has 0 saturated carbocycles. The lowest BCUT2D eigenvalue weighted by atomic mass is 10.0. The zero-order valence-electron chi connectivity index (χ0n) is 10.3. The number of para-hydroxylation sites is 1. The highest BCUT2D eigenvalue weighted by Gasteiger charge is 2.35. The largest absolute Gasteiger partial charge is 0.321 e. The standard InChI is InChI=1S/C16H9NO2S/c18-14-10-6-2-4-8-12(10)20-15(14)13-9-5-1-3-7-11(9)17-16(13)19/h1-8H,(H,17,19)/b15-13-. The Bertz CT molecular complexity index is 808. The molecule has 0 bridgehead atoms. The third kappa shape index (κ3) is 1.48. The highest BCUT2D eigenvalue weighted by Crippen LogP contribution is 2.46. The molecule has 0 spiro atoms. The second-order valence-corrected chi connectivity index (χ2v) is 5.68. The molecular weight excluding hydrogens is 270 g/mol. The Hall–Kier alpha value is -2.33. The minimum atomic E-state index is -0.199. The number of allylic oxidation sites excluding steroid dienone is 1. The predicted molar refractivity (Wildman–Crippen MR) is 78.6 cm³/mol. The summed E-state index contributed by atoms with van der Waals surface area (Å²) >= 11 is 1.38. The van der Waals surface area contributed by atoms with Gasteiger partial charge in [0.1, 0.15) is 0 Å². The van der Waals surface area contributed by atoms with Crippen molar-refractivity contribution in [3.63, 3.8) is 0 Å². The maximum absolute atomic E-state index is 12.5. The third-order valence-corrected chi connectivity index (χ3v) is 4.62. The van der Waals surface area contributed by atoms with Crippen LogP contribution in [-0.2, 0) is 4.79 Å². The lowest BCUT2D eigenvalue weighted by Crippen LogP contribution is -2.07. The number of amides is 1. The van der Waals surface area contributed by atoms with Gasteiger partial charge in [-0.05, 0) is 18.2 Å². The summed E-state index contributed by atoms with van der Waals surface area (Å²) in [5, 5.41) is 2.81. The number of benzene rings is 2. The number of fused-ring (bicyclic) bond motifs is 2. The molecule has 0 aliphatic carbocycles. The van der Waals surface area contributed by atoms with Gasteiger partial charge in [-0.3, -0.25) is 9.59 Å². The molecule has 0 saturated heterocycles. The van der Waals surface area contributed by atoms with Gasteiger partial charge in [0.25, 0.3) is 5.91 Å². The molecule has 0 unspecified atom stereocenters. The van der Waals surface area contributed by atoms with Gasteiger partial charge in [0.05, 0.1) is 10.5 Å². The van der Waals surface area contributed by atoms with E-state index in [2.05, 4.69) is 5.32 Å². The van der Waals surface area contributed by atoms with Crippen molar-refractivity contribution >= 4 is 34.7 Å². The molecule has 2 aliphatic heterocycles. The molecule has 20 heavy (non-hydrogen) atoms. The average molecular weight is 279 g/mol. The van der Waals surface area contributed by atoms with Crippen molar-refractivity contribution in [3.05, 3.63) is 64.6 Å². The lowest BCUT2D eigenvalue weighted by Gasteiger charge is -2.00. The van der Waals surface area contributed by atoms with E-state index in [0.717, 1.165) is 16.1 Å². The van der Waals surface area contributed by atoms with Crippen molar-refractivity contribution in [2.24, 2.45) is 0 Å². The summed E-state index contributed by atoms with van der Waals surface area (Å²) in [5.41, 5.74) is 2.74. The van der Waals surface area contributed by atoms with Gasteiger partial charge in [-0.2, -0.15) is 0 Å². The fraction of sp³-hybridized carbons (Fsp3) is 0. The molecule has 0 aromatic heterocycles. The van der Waals surface area contributed by atoms with Crippen molar-refractivity contribution < 1.29 is 9.59 Å². The van der Waals surface area contributed by atoms with E-state index in [1.807, 2.05) is 42.5 Å². The summed E-state index contributed by atoms with van der Waals surface area (Å²) in [4.78, 5) is 26.1. The molecule has 2 heterocycles. The van der Waals surface area contributed by atoms with E-state index in [4.69, 9.17) is 0 Å². The summed E-state index contributed by atoms with van der Waals surface area (Å²) in [6.45, 7) is 0. The Kier molecular flexibility index (Phi) is 2.35. The van der Waals surface area contributed by atoms with Crippen LogP contribution in [0.3, 0.4) is 0 Å². The van der Waals surface area contributed by atoms with Crippen molar-refractivity contribution in [1.82, 2.24) is 0 Å². The highest BCUT2D eigenvalue weighted by atomic mass is 32.2. The number of carbonyl (C=O) groups excluding carboxylic acids is 2. The van der Waals surface area contributed by atoms with Crippen LogP contribution in [0.1, 0.15) is 15.9 Å². The molecule has 4 heteroatoms. The quantitative estimate of drug-likeness (QED) is 0.752. The first-order valence-electron chi connectivity index (χ1n) is 6.22. The second kappa shape index (κ2) is 4.08. The number of hydrogen-bond acceptors (Lipinski definition) is 3. The summed E-state index contributed by atoms with van der Waals surface area (Å²) < 4.78 is 0. The Labute approximate surface area is 119 Å². The smallest absolute Gasteiger partial charge is 0.257 e. The molecule has 1 N–H and O–H groups in total. The fourth-order valence-electron chi connectivity index (χ4n) is 2.53. The van der Waals surface area contributed by atoms with Crippen LogP contribution >= 0.6 is 11.8 Å². The molecule has 0 atom stereocenters. The second-order valence-electron chi connectivity index (χ2n) is 4.63. The number of rotatable bonds is 0. The van der Waals surface area contributed by atoms with Crippen LogP contribution in [0.25, 0.3) is 5.57 Å².